The predicted octanol–water partition coefficient (Wildman–Crippen LogP) is 2.85. The van der Waals surface area contributed by atoms with Gasteiger partial charge in [0.1, 0.15) is 17.1 Å². The fourth-order valence-corrected chi connectivity index (χ4v) is 3.61. The zero-order valence-electron chi connectivity index (χ0n) is 15.6. The number of nitrogens with zero attached hydrogens (tertiary/aromatic N) is 4. The molecule has 0 bridgehead atoms. The molecule has 0 saturated carbocycles. The molecule has 7 nitrogen and oxygen atoms in total. The van der Waals surface area contributed by atoms with Crippen LogP contribution in [-0.2, 0) is 4.79 Å². The molecule has 1 saturated heterocycles. The summed E-state index contributed by atoms with van der Waals surface area (Å²) in [5.41, 5.74) is 2.14. The molecule has 1 amide bonds. The van der Waals surface area contributed by atoms with Gasteiger partial charge in [-0.15, -0.1) is 5.10 Å². The summed E-state index contributed by atoms with van der Waals surface area (Å²) >= 11 is 0. The van der Waals surface area contributed by atoms with Crippen LogP contribution in [0.4, 0.5) is 10.1 Å². The van der Waals surface area contributed by atoms with Crippen LogP contribution in [0.3, 0.4) is 0 Å². The number of carbonyl (C=O) groups excluding carboxylic acids is 1. The quantitative estimate of drug-likeness (QED) is 0.734. The number of piperidine rings is 1. The number of carbonyl (C=O) groups is 1. The molecule has 4 rings (SSSR count). The molecule has 1 aliphatic heterocycles. The molecule has 0 radical (unpaired) electrons. The molecule has 1 fully saturated rings. The maximum atomic E-state index is 13.3. The van der Waals surface area contributed by atoms with Crippen molar-refractivity contribution in [3.63, 3.8) is 0 Å². The minimum absolute atomic E-state index is 0.0478. The number of benzene rings is 2. The molecule has 8 heteroatoms. The highest BCUT2D eigenvalue weighted by Gasteiger charge is 2.24. The van der Waals surface area contributed by atoms with E-state index in [0.717, 1.165) is 37.1 Å². The van der Waals surface area contributed by atoms with Crippen LogP contribution >= 0.6 is 0 Å². The summed E-state index contributed by atoms with van der Waals surface area (Å²) < 4.78 is 20.4. The number of nitrogens with one attached hydrogen (secondary N) is 1. The van der Waals surface area contributed by atoms with Crippen molar-refractivity contribution in [3.8, 4) is 5.75 Å². The topological polar surface area (TPSA) is 72.3 Å². The molecule has 2 heterocycles. The van der Waals surface area contributed by atoms with E-state index < -0.39 is 0 Å². The standard InChI is InChI=1S/C20H22FN5O2/c1-28-17-4-2-3-15(12-17)22-20(27)13-25-9-7-16(8-10-25)26-19-6-5-14(21)11-18(19)23-24-26/h2-6,11-12,16H,7-10,13H2,1H3,(H,22,27). The van der Waals surface area contributed by atoms with Gasteiger partial charge in [0.15, 0.2) is 0 Å². The highest BCUT2D eigenvalue weighted by Crippen LogP contribution is 2.25. The van der Waals surface area contributed by atoms with Gasteiger partial charge in [0.25, 0.3) is 0 Å². The number of likely N-dealkylation sites (tertiary alicyclic amines) is 1. The van der Waals surface area contributed by atoms with Crippen LogP contribution in [0.25, 0.3) is 11.0 Å². The van der Waals surface area contributed by atoms with Crippen molar-refractivity contribution in [2.45, 2.75) is 18.9 Å². The van der Waals surface area contributed by atoms with E-state index in [2.05, 4.69) is 20.5 Å². The molecular formula is C20H22FN5O2. The third-order valence-electron chi connectivity index (χ3n) is 5.06. The van der Waals surface area contributed by atoms with Crippen molar-refractivity contribution in [2.24, 2.45) is 0 Å². The van der Waals surface area contributed by atoms with Crippen molar-refractivity contribution < 1.29 is 13.9 Å². The minimum atomic E-state index is -0.309. The van der Waals surface area contributed by atoms with E-state index in [9.17, 15) is 9.18 Å². The monoisotopic (exact) mass is 383 g/mol. The second kappa shape index (κ2) is 7.93. The molecule has 0 unspecified atom stereocenters. The number of rotatable bonds is 5. The Hall–Kier alpha value is -3.00. The zero-order chi connectivity index (χ0) is 19.5. The van der Waals surface area contributed by atoms with Crippen LogP contribution in [0, 0.1) is 5.82 Å². The van der Waals surface area contributed by atoms with Crippen molar-refractivity contribution in [3.05, 3.63) is 48.3 Å². The molecule has 1 aliphatic rings. The van der Waals surface area contributed by atoms with Gasteiger partial charge in [-0.05, 0) is 37.1 Å². The van der Waals surface area contributed by atoms with E-state index in [1.165, 1.54) is 12.1 Å². The lowest BCUT2D eigenvalue weighted by atomic mass is 10.0. The Morgan fingerprint density at radius 3 is 2.86 bits per heavy atom. The number of anilines is 1. The molecule has 0 atom stereocenters. The first-order valence-electron chi connectivity index (χ1n) is 9.29. The van der Waals surface area contributed by atoms with Gasteiger partial charge in [0.05, 0.1) is 25.2 Å². The Morgan fingerprint density at radius 2 is 2.07 bits per heavy atom. The van der Waals surface area contributed by atoms with Crippen LogP contribution < -0.4 is 10.1 Å². The summed E-state index contributed by atoms with van der Waals surface area (Å²) in [5, 5.41) is 11.2. The molecule has 28 heavy (non-hydrogen) atoms. The first-order valence-corrected chi connectivity index (χ1v) is 9.29. The average molecular weight is 383 g/mol. The number of hydrogen-bond acceptors (Lipinski definition) is 5. The Morgan fingerprint density at radius 1 is 1.25 bits per heavy atom. The normalized spacial score (nSPS) is 15.6. The number of fused-ring (bicyclic) bond motifs is 1. The van der Waals surface area contributed by atoms with E-state index in [4.69, 9.17) is 4.74 Å². The second-order valence-electron chi connectivity index (χ2n) is 6.95. The van der Waals surface area contributed by atoms with E-state index >= 15 is 0 Å². The molecule has 1 N–H and O–H groups in total. The Bertz CT molecular complexity index is 982. The smallest absolute Gasteiger partial charge is 0.238 e. The van der Waals surface area contributed by atoms with Gasteiger partial charge in [-0.25, -0.2) is 9.07 Å². The van der Waals surface area contributed by atoms with Crippen LogP contribution in [-0.4, -0.2) is 52.5 Å². The van der Waals surface area contributed by atoms with Gasteiger partial charge in [-0.2, -0.15) is 0 Å². The lowest BCUT2D eigenvalue weighted by molar-refractivity contribution is -0.117. The molecule has 3 aromatic rings. The van der Waals surface area contributed by atoms with Gasteiger partial charge in [-0.3, -0.25) is 9.69 Å². The number of hydrogen-bond donors (Lipinski definition) is 1. The largest absolute Gasteiger partial charge is 0.497 e. The first-order chi connectivity index (χ1) is 13.6. The third-order valence-corrected chi connectivity index (χ3v) is 5.06. The van der Waals surface area contributed by atoms with Crippen molar-refractivity contribution in [2.75, 3.05) is 32.1 Å². The van der Waals surface area contributed by atoms with E-state index in [-0.39, 0.29) is 17.8 Å². The second-order valence-corrected chi connectivity index (χ2v) is 6.95. The van der Waals surface area contributed by atoms with Gasteiger partial charge in [-0.1, -0.05) is 11.3 Å². The van der Waals surface area contributed by atoms with Crippen LogP contribution in [0.1, 0.15) is 18.9 Å². The highest BCUT2D eigenvalue weighted by atomic mass is 19.1. The lowest BCUT2D eigenvalue weighted by Crippen LogP contribution is -2.39. The Kier molecular flexibility index (Phi) is 5.21. The summed E-state index contributed by atoms with van der Waals surface area (Å²) in [7, 11) is 1.60. The van der Waals surface area contributed by atoms with Gasteiger partial charge in [0.2, 0.25) is 5.91 Å². The minimum Gasteiger partial charge on any atom is -0.497 e. The van der Waals surface area contributed by atoms with Crippen molar-refractivity contribution in [1.29, 1.82) is 0 Å². The van der Waals surface area contributed by atoms with Crippen molar-refractivity contribution in [1.82, 2.24) is 19.9 Å². The lowest BCUT2D eigenvalue weighted by Gasteiger charge is -2.31. The Balaban J connectivity index is 1.33. The number of ether oxygens (including phenoxy) is 1. The molecule has 2 aromatic carbocycles. The van der Waals surface area contributed by atoms with Gasteiger partial charge >= 0.3 is 0 Å². The van der Waals surface area contributed by atoms with Crippen molar-refractivity contribution >= 4 is 22.6 Å². The number of amides is 1. The number of methoxy groups -OCH3 is 1. The fraction of sp³-hybridized carbons (Fsp3) is 0.350. The molecule has 1 aromatic heterocycles. The van der Waals surface area contributed by atoms with Crippen LogP contribution in [0.2, 0.25) is 0 Å². The highest BCUT2D eigenvalue weighted by molar-refractivity contribution is 5.92. The van der Waals surface area contributed by atoms with Crippen LogP contribution in [0.5, 0.6) is 5.75 Å². The average Bonchev–Trinajstić information content (AvgIpc) is 3.11. The van der Waals surface area contributed by atoms with E-state index in [1.807, 2.05) is 22.9 Å². The summed E-state index contributed by atoms with van der Waals surface area (Å²) in [6, 6.07) is 12.1. The Labute approximate surface area is 162 Å². The molecule has 0 spiro atoms. The predicted molar refractivity (Wildman–Crippen MR) is 104 cm³/mol. The maximum Gasteiger partial charge on any atom is 0.238 e. The summed E-state index contributed by atoms with van der Waals surface area (Å²) in [6.45, 7) is 1.92. The molecular weight excluding hydrogens is 361 g/mol. The van der Waals surface area contributed by atoms with Crippen LogP contribution in [0.15, 0.2) is 42.5 Å². The molecule has 146 valence electrons. The van der Waals surface area contributed by atoms with E-state index in [0.29, 0.717) is 17.8 Å². The number of aromatic nitrogens is 3. The summed E-state index contributed by atoms with van der Waals surface area (Å²) in [5.74, 6) is 0.350. The summed E-state index contributed by atoms with van der Waals surface area (Å²) in [4.78, 5) is 14.5. The third kappa shape index (κ3) is 3.96. The van der Waals surface area contributed by atoms with Gasteiger partial charge in [0, 0.05) is 30.9 Å². The first kappa shape index (κ1) is 18.4. The summed E-state index contributed by atoms with van der Waals surface area (Å²) in [6.07, 6.45) is 1.73. The van der Waals surface area contributed by atoms with Gasteiger partial charge < -0.3 is 10.1 Å². The maximum absolute atomic E-state index is 13.3. The SMILES string of the molecule is COc1cccc(NC(=O)CN2CCC(n3nnc4cc(F)ccc43)CC2)c1. The van der Waals surface area contributed by atoms with E-state index in [1.54, 1.807) is 19.2 Å². The molecule has 0 aliphatic carbocycles. The zero-order valence-corrected chi connectivity index (χ0v) is 15.6. The fourth-order valence-electron chi connectivity index (χ4n) is 3.61. The number of halogens is 1.